The molecule has 0 saturated carbocycles. The van der Waals surface area contributed by atoms with Gasteiger partial charge >= 0.3 is 5.97 Å². The average molecular weight is 441 g/mol. The van der Waals surface area contributed by atoms with Crippen molar-refractivity contribution in [2.75, 3.05) is 19.6 Å². The molecule has 1 aromatic rings. The van der Waals surface area contributed by atoms with Crippen LogP contribution in [0.25, 0.3) is 0 Å². The van der Waals surface area contributed by atoms with Crippen molar-refractivity contribution < 1.29 is 22.7 Å². The van der Waals surface area contributed by atoms with Crippen LogP contribution in [0.5, 0.6) is 0 Å². The zero-order valence-electron chi connectivity index (χ0n) is 16.7. The Kier molecular flexibility index (Phi) is 7.48. The number of hydrogen-bond acceptors (Lipinski definition) is 6. The molecule has 1 atom stereocenters. The number of nitrogens with one attached hydrogen (secondary N) is 1. The summed E-state index contributed by atoms with van der Waals surface area (Å²) in [7, 11) is -3.72. The van der Waals surface area contributed by atoms with Crippen molar-refractivity contribution in [3.05, 3.63) is 28.0 Å². The molecule has 1 aliphatic carbocycles. The lowest BCUT2D eigenvalue weighted by Gasteiger charge is -2.17. The van der Waals surface area contributed by atoms with Gasteiger partial charge in [0.05, 0.1) is 0 Å². The van der Waals surface area contributed by atoms with Crippen LogP contribution in [0.1, 0.15) is 61.5 Å². The zero-order valence-corrected chi connectivity index (χ0v) is 18.3. The van der Waals surface area contributed by atoms with Gasteiger partial charge in [0.2, 0.25) is 10.0 Å². The second kappa shape index (κ2) is 9.86. The molecule has 1 saturated heterocycles. The van der Waals surface area contributed by atoms with Crippen molar-refractivity contribution in [3.63, 3.8) is 0 Å². The summed E-state index contributed by atoms with van der Waals surface area (Å²) >= 11 is 1.01. The van der Waals surface area contributed by atoms with Crippen molar-refractivity contribution in [2.45, 2.75) is 62.9 Å². The van der Waals surface area contributed by atoms with E-state index in [0.717, 1.165) is 43.4 Å². The van der Waals surface area contributed by atoms with Crippen molar-refractivity contribution in [3.8, 4) is 0 Å². The highest BCUT2D eigenvalue weighted by Crippen LogP contribution is 2.28. The van der Waals surface area contributed by atoms with E-state index in [1.165, 1.54) is 35.7 Å². The number of thiophene rings is 1. The Balaban J connectivity index is 1.55. The molecule has 7 nitrogen and oxygen atoms in total. The highest BCUT2D eigenvalue weighted by atomic mass is 32.2. The number of hydrogen-bond donors (Lipinski definition) is 1. The zero-order chi connectivity index (χ0) is 20.9. The number of sulfonamides is 1. The molecule has 1 unspecified atom stereocenters. The van der Waals surface area contributed by atoms with Crippen LogP contribution in [0.4, 0.5) is 0 Å². The minimum atomic E-state index is -3.72. The van der Waals surface area contributed by atoms with Gasteiger partial charge in [0.25, 0.3) is 5.91 Å². The summed E-state index contributed by atoms with van der Waals surface area (Å²) in [5, 5.41) is 4.35. The van der Waals surface area contributed by atoms with Crippen LogP contribution in [0.15, 0.2) is 28.0 Å². The van der Waals surface area contributed by atoms with Crippen LogP contribution in [0.2, 0.25) is 0 Å². The third kappa shape index (κ3) is 5.46. The first kappa shape index (κ1) is 22.0. The first-order chi connectivity index (χ1) is 13.9. The van der Waals surface area contributed by atoms with Gasteiger partial charge in [-0.15, -0.1) is 11.3 Å². The lowest BCUT2D eigenvalue weighted by Crippen LogP contribution is -2.36. The molecule has 0 spiro atoms. The van der Waals surface area contributed by atoms with Crippen LogP contribution in [0, 0.1) is 0 Å². The Morgan fingerprint density at radius 3 is 2.69 bits per heavy atom. The fraction of sp³-hybridized carbons (Fsp3) is 0.600. The fourth-order valence-electron chi connectivity index (χ4n) is 3.61. The minimum Gasteiger partial charge on any atom is -0.448 e. The van der Waals surface area contributed by atoms with E-state index in [9.17, 15) is 18.0 Å². The molecule has 1 fully saturated rings. The molecule has 1 N–H and O–H groups in total. The Morgan fingerprint density at radius 2 is 2.00 bits per heavy atom. The molecule has 9 heteroatoms. The fourth-order valence-corrected chi connectivity index (χ4v) is 6.40. The smallest absolute Gasteiger partial charge is 0.350 e. The molecule has 0 aromatic carbocycles. The lowest BCUT2D eigenvalue weighted by molar-refractivity contribution is -0.129. The quantitative estimate of drug-likeness (QED) is 0.495. The van der Waals surface area contributed by atoms with Gasteiger partial charge in [0.15, 0.2) is 6.10 Å². The number of nitrogens with zero attached hydrogens (tertiary/aromatic N) is 1. The van der Waals surface area contributed by atoms with Gasteiger partial charge in [-0.05, 0) is 63.3 Å². The van der Waals surface area contributed by atoms with Gasteiger partial charge in [-0.2, -0.15) is 4.31 Å². The Hall–Kier alpha value is -1.71. The number of allylic oxidation sites excluding steroid dienone is 1. The average Bonchev–Trinajstić information content (AvgIpc) is 3.41. The normalized spacial score (nSPS) is 18.9. The molecule has 160 valence electrons. The third-order valence-corrected chi connectivity index (χ3v) is 8.25. The van der Waals surface area contributed by atoms with Crippen LogP contribution >= 0.6 is 11.3 Å². The SMILES string of the molecule is CC(OC(=O)c1sccc1S(=O)(=O)N1CCCC1)C(=O)NCCC1=CCCCC1. The highest BCUT2D eigenvalue weighted by Gasteiger charge is 2.33. The van der Waals surface area contributed by atoms with E-state index < -0.39 is 22.1 Å². The number of esters is 1. The largest absolute Gasteiger partial charge is 0.448 e. The van der Waals surface area contributed by atoms with Crippen LogP contribution in [-0.4, -0.2) is 50.3 Å². The van der Waals surface area contributed by atoms with E-state index in [2.05, 4.69) is 11.4 Å². The van der Waals surface area contributed by atoms with E-state index in [0.29, 0.717) is 19.6 Å². The van der Waals surface area contributed by atoms with Gasteiger partial charge in [0.1, 0.15) is 9.77 Å². The topological polar surface area (TPSA) is 92.8 Å². The number of amides is 1. The Bertz CT molecular complexity index is 869. The summed E-state index contributed by atoms with van der Waals surface area (Å²) < 4.78 is 32.2. The molecule has 2 aliphatic rings. The monoisotopic (exact) mass is 440 g/mol. The van der Waals surface area contributed by atoms with Crippen molar-refractivity contribution in [1.82, 2.24) is 9.62 Å². The molecule has 2 heterocycles. The molecular weight excluding hydrogens is 412 g/mol. The summed E-state index contributed by atoms with van der Waals surface area (Å²) in [5.74, 6) is -1.16. The number of carbonyl (C=O) groups excluding carboxylic acids is 2. The summed E-state index contributed by atoms with van der Waals surface area (Å²) in [6.45, 7) is 2.92. The molecule has 1 aromatic heterocycles. The van der Waals surface area contributed by atoms with E-state index in [4.69, 9.17) is 4.74 Å². The Labute approximate surface area is 176 Å². The van der Waals surface area contributed by atoms with Crippen LogP contribution < -0.4 is 5.32 Å². The Morgan fingerprint density at radius 1 is 1.24 bits per heavy atom. The summed E-state index contributed by atoms with van der Waals surface area (Å²) in [6.07, 6.45) is 8.27. The molecule has 0 radical (unpaired) electrons. The van der Waals surface area contributed by atoms with E-state index in [1.807, 2.05) is 0 Å². The maximum Gasteiger partial charge on any atom is 0.350 e. The molecule has 1 aliphatic heterocycles. The standard InChI is InChI=1S/C20H28N2O5S2/c1-15(19(23)21-11-9-16-7-3-2-4-8-16)27-20(24)18-17(10-14-28-18)29(25,26)22-12-5-6-13-22/h7,10,14-15H,2-6,8-9,11-13H2,1H3,(H,21,23). The van der Waals surface area contributed by atoms with Gasteiger partial charge in [0, 0.05) is 19.6 Å². The highest BCUT2D eigenvalue weighted by molar-refractivity contribution is 7.89. The maximum atomic E-state index is 12.8. The van der Waals surface area contributed by atoms with Gasteiger partial charge in [-0.3, -0.25) is 4.79 Å². The number of ether oxygens (including phenoxy) is 1. The van der Waals surface area contributed by atoms with E-state index in [1.54, 1.807) is 5.38 Å². The summed E-state index contributed by atoms with van der Waals surface area (Å²) in [6, 6.07) is 1.43. The summed E-state index contributed by atoms with van der Waals surface area (Å²) in [5.41, 5.74) is 1.36. The molecule has 1 amide bonds. The van der Waals surface area contributed by atoms with Crippen molar-refractivity contribution in [1.29, 1.82) is 0 Å². The first-order valence-electron chi connectivity index (χ1n) is 10.1. The van der Waals surface area contributed by atoms with Crippen molar-refractivity contribution >= 4 is 33.2 Å². The maximum absolute atomic E-state index is 12.8. The van der Waals surface area contributed by atoms with Crippen LogP contribution in [0.3, 0.4) is 0 Å². The van der Waals surface area contributed by atoms with Gasteiger partial charge in [-0.25, -0.2) is 13.2 Å². The van der Waals surface area contributed by atoms with Gasteiger partial charge < -0.3 is 10.1 Å². The van der Waals surface area contributed by atoms with Crippen LogP contribution in [-0.2, 0) is 19.6 Å². The molecular formula is C20H28N2O5S2. The second-order valence-corrected chi connectivity index (χ2v) is 10.2. The van der Waals surface area contributed by atoms with E-state index in [-0.39, 0.29) is 15.7 Å². The molecule has 3 rings (SSSR count). The lowest BCUT2D eigenvalue weighted by atomic mass is 9.97. The minimum absolute atomic E-state index is 0.0175. The third-order valence-electron chi connectivity index (χ3n) is 5.28. The molecule has 29 heavy (non-hydrogen) atoms. The predicted octanol–water partition coefficient (Wildman–Crippen LogP) is 3.08. The van der Waals surface area contributed by atoms with Gasteiger partial charge in [-0.1, -0.05) is 11.6 Å². The predicted molar refractivity (Wildman–Crippen MR) is 111 cm³/mol. The number of carbonyl (C=O) groups is 2. The van der Waals surface area contributed by atoms with Crippen molar-refractivity contribution in [2.24, 2.45) is 0 Å². The summed E-state index contributed by atoms with van der Waals surface area (Å²) in [4.78, 5) is 24.8. The number of rotatable bonds is 8. The molecule has 0 bridgehead atoms. The second-order valence-electron chi connectivity index (χ2n) is 7.42. The first-order valence-corrected chi connectivity index (χ1v) is 12.5. The van der Waals surface area contributed by atoms with E-state index >= 15 is 0 Å².